The van der Waals surface area contributed by atoms with Crippen LogP contribution in [0, 0.1) is 29.2 Å². The molecule has 0 saturated heterocycles. The fraction of sp³-hybridized carbons (Fsp3) is 0.300. The maximum Gasteiger partial charge on any atom is 0.309 e. The van der Waals surface area contributed by atoms with E-state index in [9.17, 15) is 26.4 Å². The first-order valence-corrected chi connectivity index (χ1v) is 29.0. The maximum atomic E-state index is 15.8. The van der Waals surface area contributed by atoms with Gasteiger partial charge in [-0.15, -0.1) is 18.3 Å². The zero-order chi connectivity index (χ0) is 56.3. The van der Waals surface area contributed by atoms with E-state index < -0.39 is 94.6 Å². The molecule has 1 heterocycles. The number of hydrogen-bond acceptors (Lipinski definition) is 9. The van der Waals surface area contributed by atoms with Crippen LogP contribution in [0.4, 0.5) is 17.6 Å². The molecule has 0 amide bonds. The third kappa shape index (κ3) is 12.6. The Labute approximate surface area is 452 Å². The van der Waals surface area contributed by atoms with Crippen LogP contribution in [-0.4, -0.2) is 46.2 Å². The lowest BCUT2D eigenvalue weighted by atomic mass is 9.85. The van der Waals surface area contributed by atoms with Crippen molar-refractivity contribution in [2.45, 2.75) is 113 Å². The zero-order valence-electron chi connectivity index (χ0n) is 43.9. The van der Waals surface area contributed by atoms with Crippen LogP contribution in [0.25, 0.3) is 15.8 Å². The van der Waals surface area contributed by atoms with Crippen LogP contribution >= 0.6 is 11.8 Å². The van der Waals surface area contributed by atoms with E-state index in [-0.39, 0.29) is 47.4 Å². The monoisotopic (exact) mass is 1110 g/mol. The van der Waals surface area contributed by atoms with Gasteiger partial charge in [0.15, 0.2) is 23.3 Å². The highest BCUT2D eigenvalue weighted by Crippen LogP contribution is 2.42. The summed E-state index contributed by atoms with van der Waals surface area (Å²) in [5.41, 5.74) is 8.44. The van der Waals surface area contributed by atoms with Crippen molar-refractivity contribution in [1.82, 2.24) is 0 Å². The molecule has 0 aliphatic carbocycles. The van der Waals surface area contributed by atoms with Crippen molar-refractivity contribution in [1.29, 1.82) is 0 Å². The minimum absolute atomic E-state index is 0.0559. The molecule has 0 fully saturated rings. The van der Waals surface area contributed by atoms with E-state index >= 15 is 17.6 Å². The third-order valence-corrected chi connectivity index (χ3v) is 17.6. The number of hydrogen-bond donors (Lipinski definition) is 1. The van der Waals surface area contributed by atoms with Crippen LogP contribution in [0.5, 0.6) is 11.5 Å². The van der Waals surface area contributed by atoms with E-state index in [0.717, 1.165) is 33.5 Å². The van der Waals surface area contributed by atoms with Crippen LogP contribution in [0.15, 0.2) is 124 Å². The topological polar surface area (TPSA) is 155 Å². The molecule has 7 rings (SSSR count). The molecule has 1 unspecified atom stereocenters. The molecule has 1 aliphatic rings. The average molecular weight is 1110 g/mol. The molecule has 1 N–H and O–H groups in total. The minimum atomic E-state index is -6.09. The lowest BCUT2D eigenvalue weighted by Crippen LogP contribution is -2.22. The lowest BCUT2D eigenvalue weighted by molar-refractivity contribution is -0.152. The van der Waals surface area contributed by atoms with Crippen molar-refractivity contribution in [3.8, 4) is 11.5 Å². The number of ether oxygens (including phenoxy) is 2. The molecule has 0 saturated carbocycles. The Kier molecular flexibility index (Phi) is 18.1. The number of carbonyl (C=O) groups excluding carboxylic acids is 1. The number of rotatable bonds is 21. The van der Waals surface area contributed by atoms with Gasteiger partial charge in [0.2, 0.25) is 0 Å². The van der Waals surface area contributed by atoms with Crippen LogP contribution < -0.4 is 15.2 Å². The SMILES string of the molecule is C=CCC(CC(=O)O)C(=O)OCCSc1c(F)c(F)c(S(=O)(=O)[N-]S(=O)(=O)c2ccccc2C2=c3cc/c(=C\c4c(C(C)C)cccc4C(C)C)cc3Oc3cc(Cc4c(C(C)C)cccc4C(C)C)ccc32)c(F)c1F. The van der Waals surface area contributed by atoms with Crippen LogP contribution in [0.3, 0.4) is 0 Å². The number of carbonyl (C=O) groups is 2. The van der Waals surface area contributed by atoms with E-state index in [2.05, 4.69) is 103 Å². The number of sulfonamides is 2. The predicted molar refractivity (Wildman–Crippen MR) is 292 cm³/mol. The fourth-order valence-corrected chi connectivity index (χ4v) is 13.4. The van der Waals surface area contributed by atoms with Gasteiger partial charge in [-0.05, 0) is 111 Å². The number of carboxylic acid groups (broad SMARTS) is 1. The molecule has 10 nitrogen and oxygen atoms in total. The molecule has 406 valence electrons. The van der Waals surface area contributed by atoms with E-state index in [1.807, 2.05) is 30.3 Å². The lowest BCUT2D eigenvalue weighted by Gasteiger charge is -2.27. The Hall–Kier alpha value is -6.53. The van der Waals surface area contributed by atoms with Crippen molar-refractivity contribution in [3.63, 3.8) is 0 Å². The molecule has 6 aromatic carbocycles. The summed E-state index contributed by atoms with van der Waals surface area (Å²) in [4.78, 5) is 19.2. The molecule has 1 atom stereocenters. The molecule has 0 aromatic heterocycles. The van der Waals surface area contributed by atoms with Gasteiger partial charge in [-0.3, -0.25) is 9.59 Å². The smallest absolute Gasteiger partial charge is 0.309 e. The first-order valence-electron chi connectivity index (χ1n) is 25.1. The van der Waals surface area contributed by atoms with E-state index in [1.54, 1.807) is 12.1 Å². The largest absolute Gasteiger partial charge is 0.481 e. The zero-order valence-corrected chi connectivity index (χ0v) is 46.4. The molecule has 77 heavy (non-hydrogen) atoms. The summed E-state index contributed by atoms with van der Waals surface area (Å²) in [6, 6.07) is 28.9. The predicted octanol–water partition coefficient (Wildman–Crippen LogP) is 13.3. The Morgan fingerprint density at radius 3 is 1.86 bits per heavy atom. The number of carboxylic acids is 1. The van der Waals surface area contributed by atoms with E-state index in [1.165, 1.54) is 41.0 Å². The highest BCUT2D eigenvalue weighted by atomic mass is 32.3. The van der Waals surface area contributed by atoms with Crippen LogP contribution in [-0.2, 0) is 40.8 Å². The first-order chi connectivity index (χ1) is 36.4. The summed E-state index contributed by atoms with van der Waals surface area (Å²) >= 11 is 0.125. The molecule has 0 bridgehead atoms. The van der Waals surface area contributed by atoms with Crippen LogP contribution in [0.1, 0.15) is 142 Å². The van der Waals surface area contributed by atoms with Crippen molar-refractivity contribution in [2.24, 2.45) is 5.92 Å². The Bertz CT molecular complexity index is 3570. The minimum Gasteiger partial charge on any atom is -0.481 e. The molecular formula is C60H60F4NO9S3-. The second-order valence-electron chi connectivity index (χ2n) is 20.0. The van der Waals surface area contributed by atoms with Gasteiger partial charge in [-0.1, -0.05) is 134 Å². The molecule has 0 spiro atoms. The number of allylic oxidation sites excluding steroid dienone is 1. The van der Waals surface area contributed by atoms with Gasteiger partial charge in [-0.25, -0.2) is 34.4 Å². The summed E-state index contributed by atoms with van der Waals surface area (Å²) in [6.07, 6.45) is 3.26. The van der Waals surface area contributed by atoms with Crippen molar-refractivity contribution in [3.05, 3.63) is 198 Å². The summed E-state index contributed by atoms with van der Waals surface area (Å²) in [5, 5.41) is 10.3. The Balaban J connectivity index is 1.32. The number of nitrogens with zero attached hydrogens (tertiary/aromatic N) is 1. The number of esters is 1. The summed E-state index contributed by atoms with van der Waals surface area (Å²) < 4.78 is 134. The quantitative estimate of drug-likeness (QED) is 0.0184. The van der Waals surface area contributed by atoms with Gasteiger partial charge >= 0.3 is 11.9 Å². The number of aliphatic carboxylic acids is 1. The number of halogens is 4. The maximum absolute atomic E-state index is 15.8. The number of benzene rings is 6. The second kappa shape index (κ2) is 24.0. The molecular weight excluding hydrogens is 1050 g/mol. The Morgan fingerprint density at radius 1 is 0.701 bits per heavy atom. The van der Waals surface area contributed by atoms with E-state index in [4.69, 9.17) is 14.6 Å². The standard InChI is InChI=1S/C60H60F4NO9S3/c1-10-15-39(32-52(66)67)60(68)73-26-27-75-58-54(61)56(63)59(57(64)55(58)62)77(71,72)65-76(69,70)51-21-12-11-16-46(51)53-44-24-22-37(28-47-40(33(2)3)17-13-18-41(47)34(4)5)30-49(44)74-50-31-38(23-25-45(50)53)29-48-42(35(6)7)19-14-20-43(48)36(8)9/h10-14,16-25,28,30-31,33-36,39H,1,15,26-27,29,32H2,2-9H3,(H,66,67)/q-1/b37-28+. The molecule has 1 aliphatic heterocycles. The summed E-state index contributed by atoms with van der Waals surface area (Å²) in [6.45, 7) is 19.9. The molecule has 17 heteroatoms. The number of fused-ring (bicyclic) bond motifs is 2. The Morgan fingerprint density at radius 2 is 1.29 bits per heavy atom. The summed E-state index contributed by atoms with van der Waals surface area (Å²) in [5.74, 6) is -11.6. The van der Waals surface area contributed by atoms with Gasteiger partial charge in [-0.2, -0.15) is 0 Å². The summed E-state index contributed by atoms with van der Waals surface area (Å²) in [7, 11) is -11.6. The molecule has 0 radical (unpaired) electrons. The van der Waals surface area contributed by atoms with E-state index in [0.29, 0.717) is 34.3 Å². The van der Waals surface area contributed by atoms with Gasteiger partial charge in [0.25, 0.3) is 0 Å². The van der Waals surface area contributed by atoms with Gasteiger partial charge < -0.3 is 18.7 Å². The number of thioether (sulfide) groups is 1. The van der Waals surface area contributed by atoms with Crippen molar-refractivity contribution >= 4 is 55.4 Å². The molecule has 6 aromatic rings. The third-order valence-electron chi connectivity index (χ3n) is 13.3. The average Bonchev–Trinajstić information content (AvgIpc) is 3.40. The van der Waals surface area contributed by atoms with Crippen molar-refractivity contribution in [2.75, 3.05) is 12.4 Å². The van der Waals surface area contributed by atoms with Gasteiger partial charge in [0.1, 0.15) is 43.0 Å². The van der Waals surface area contributed by atoms with Crippen LogP contribution in [0.2, 0.25) is 0 Å². The normalized spacial score (nSPS) is 13.2. The van der Waals surface area contributed by atoms with Gasteiger partial charge in [0, 0.05) is 27.7 Å². The highest BCUT2D eigenvalue weighted by Gasteiger charge is 2.33. The fourth-order valence-electron chi connectivity index (χ4n) is 9.62. The first kappa shape index (κ1) is 58.2. The van der Waals surface area contributed by atoms with Crippen molar-refractivity contribution < 1.29 is 58.6 Å². The second-order valence-corrected chi connectivity index (χ2v) is 24.5. The highest BCUT2D eigenvalue weighted by molar-refractivity contribution is 8.12. The van der Waals surface area contributed by atoms with Gasteiger partial charge in [0.05, 0.1) is 22.1 Å².